The van der Waals surface area contributed by atoms with Gasteiger partial charge in [-0.1, -0.05) is 35.9 Å². The van der Waals surface area contributed by atoms with Gasteiger partial charge in [-0.05, 0) is 78.9 Å². The summed E-state index contributed by atoms with van der Waals surface area (Å²) in [4.78, 5) is 18.8. The Bertz CT molecular complexity index is 1330. The molecule has 1 aromatic heterocycles. The molecule has 1 aliphatic heterocycles. The molecule has 2 N–H and O–H groups in total. The molecule has 1 aliphatic rings. The van der Waals surface area contributed by atoms with Gasteiger partial charge in [0, 0.05) is 33.9 Å². The number of rotatable bonds is 2. The van der Waals surface area contributed by atoms with Crippen LogP contribution in [0, 0.1) is 19.7 Å². The lowest BCUT2D eigenvalue weighted by atomic mass is 9.92. The van der Waals surface area contributed by atoms with Crippen molar-refractivity contribution >= 4 is 34.2 Å². The zero-order valence-corrected chi connectivity index (χ0v) is 18.6. The molecule has 4 aromatic rings. The normalized spacial score (nSPS) is 15.6. The molecule has 0 radical (unpaired) electrons. The van der Waals surface area contributed by atoms with Gasteiger partial charge in [0.15, 0.2) is 0 Å². The fourth-order valence-electron chi connectivity index (χ4n) is 4.53. The van der Waals surface area contributed by atoms with Crippen molar-refractivity contribution in [2.45, 2.75) is 26.3 Å². The van der Waals surface area contributed by atoms with E-state index in [0.29, 0.717) is 18.0 Å². The highest BCUT2D eigenvalue weighted by Crippen LogP contribution is 2.39. The lowest BCUT2D eigenvalue weighted by molar-refractivity contribution is 0.193. The average molecular weight is 448 g/mol. The van der Waals surface area contributed by atoms with Crippen molar-refractivity contribution in [1.82, 2.24) is 9.88 Å². The Labute approximate surface area is 191 Å². The van der Waals surface area contributed by atoms with Gasteiger partial charge in [-0.3, -0.25) is 0 Å². The number of aromatic amines is 1. The smallest absolute Gasteiger partial charge is 0.322 e. The monoisotopic (exact) mass is 447 g/mol. The summed E-state index contributed by atoms with van der Waals surface area (Å²) < 4.78 is 13.7. The molecule has 1 atom stereocenters. The van der Waals surface area contributed by atoms with E-state index >= 15 is 0 Å². The molecule has 0 spiro atoms. The maximum Gasteiger partial charge on any atom is 0.322 e. The molecule has 4 nitrogen and oxygen atoms in total. The minimum absolute atomic E-state index is 0.185. The van der Waals surface area contributed by atoms with Crippen molar-refractivity contribution in [1.29, 1.82) is 0 Å². The van der Waals surface area contributed by atoms with Crippen LogP contribution in [0.5, 0.6) is 0 Å². The van der Waals surface area contributed by atoms with Crippen molar-refractivity contribution in [3.8, 4) is 0 Å². The largest absolute Gasteiger partial charge is 0.356 e. The molecule has 32 heavy (non-hydrogen) atoms. The van der Waals surface area contributed by atoms with Crippen LogP contribution < -0.4 is 5.32 Å². The van der Waals surface area contributed by atoms with Crippen molar-refractivity contribution in [3.05, 3.63) is 99.5 Å². The molecular weight excluding hydrogens is 425 g/mol. The van der Waals surface area contributed by atoms with E-state index in [0.717, 1.165) is 44.5 Å². The number of aromatic nitrogens is 1. The number of fused-ring (bicyclic) bond motifs is 3. The molecular formula is C26H23ClFN3O. The molecule has 0 saturated carbocycles. The predicted molar refractivity (Wildman–Crippen MR) is 127 cm³/mol. The molecule has 2 heterocycles. The van der Waals surface area contributed by atoms with E-state index in [4.69, 9.17) is 11.6 Å². The number of carbonyl (C=O) groups is 1. The van der Waals surface area contributed by atoms with E-state index in [1.807, 2.05) is 55.1 Å². The third kappa shape index (κ3) is 3.63. The Balaban J connectivity index is 1.59. The number of H-pyrrole nitrogens is 1. The SMILES string of the molecule is Cc1ccc(C)c(NC(=O)N2CCc3c([nH]c4ccc(Cl)cc34)[C@H]2c2ccc(F)cc2)c1. The standard InChI is InChI=1S/C26H23ClFN3O/c1-15-3-4-16(2)23(13-15)30-26(32)31-12-11-20-21-14-18(27)7-10-22(21)29-24(20)25(31)17-5-8-19(28)9-6-17/h3-10,13-14,25,29H,11-12H2,1-2H3,(H,30,32)/t25-/m1/s1. The van der Waals surface area contributed by atoms with E-state index in [1.165, 1.54) is 12.1 Å². The van der Waals surface area contributed by atoms with Gasteiger partial charge in [0.25, 0.3) is 0 Å². The number of carbonyl (C=O) groups excluding carboxylic acids is 1. The van der Waals surface area contributed by atoms with Crippen LogP contribution in [-0.4, -0.2) is 22.5 Å². The first-order valence-corrected chi connectivity index (χ1v) is 11.0. The van der Waals surface area contributed by atoms with Crippen LogP contribution in [-0.2, 0) is 6.42 Å². The highest BCUT2D eigenvalue weighted by atomic mass is 35.5. The second-order valence-electron chi connectivity index (χ2n) is 8.35. The second kappa shape index (κ2) is 7.99. The van der Waals surface area contributed by atoms with Crippen LogP contribution in [0.1, 0.15) is 34.0 Å². The third-order valence-corrected chi connectivity index (χ3v) is 6.41. The van der Waals surface area contributed by atoms with Crippen molar-refractivity contribution in [3.63, 3.8) is 0 Å². The number of amides is 2. The molecule has 3 aromatic carbocycles. The Morgan fingerprint density at radius 1 is 1.09 bits per heavy atom. The number of urea groups is 1. The number of benzene rings is 3. The lowest BCUT2D eigenvalue weighted by Crippen LogP contribution is -2.43. The third-order valence-electron chi connectivity index (χ3n) is 6.17. The molecule has 0 bridgehead atoms. The number of hydrogen-bond acceptors (Lipinski definition) is 1. The minimum Gasteiger partial charge on any atom is -0.356 e. The topological polar surface area (TPSA) is 48.1 Å². The first-order valence-electron chi connectivity index (χ1n) is 10.6. The van der Waals surface area contributed by atoms with Crippen LogP contribution in [0.15, 0.2) is 60.7 Å². The number of aryl methyl sites for hydroxylation is 2. The minimum atomic E-state index is -0.365. The van der Waals surface area contributed by atoms with E-state index in [9.17, 15) is 9.18 Å². The molecule has 162 valence electrons. The maximum absolute atomic E-state index is 13.7. The summed E-state index contributed by atoms with van der Waals surface area (Å²) in [6.07, 6.45) is 0.702. The quantitative estimate of drug-likeness (QED) is 0.350. The van der Waals surface area contributed by atoms with Gasteiger partial charge in [-0.25, -0.2) is 9.18 Å². The first kappa shape index (κ1) is 20.6. The van der Waals surface area contributed by atoms with Gasteiger partial charge in [0.1, 0.15) is 5.82 Å². The summed E-state index contributed by atoms with van der Waals surface area (Å²) in [5.41, 5.74) is 6.78. The molecule has 0 unspecified atom stereocenters. The number of halogens is 2. The average Bonchev–Trinajstić information content (AvgIpc) is 3.14. The van der Waals surface area contributed by atoms with Crippen molar-refractivity contribution < 1.29 is 9.18 Å². The fraction of sp³-hybridized carbons (Fsp3) is 0.192. The van der Waals surface area contributed by atoms with Crippen LogP contribution in [0.2, 0.25) is 5.02 Å². The number of anilines is 1. The Kier molecular flexibility index (Phi) is 5.14. The van der Waals surface area contributed by atoms with Gasteiger partial charge in [0.05, 0.1) is 6.04 Å². The van der Waals surface area contributed by atoms with Gasteiger partial charge >= 0.3 is 6.03 Å². The van der Waals surface area contributed by atoms with Crippen LogP contribution in [0.4, 0.5) is 14.9 Å². The van der Waals surface area contributed by atoms with Gasteiger partial charge < -0.3 is 15.2 Å². The van der Waals surface area contributed by atoms with Gasteiger partial charge in [0.2, 0.25) is 0 Å². The fourth-order valence-corrected chi connectivity index (χ4v) is 4.70. The molecule has 6 heteroatoms. The van der Waals surface area contributed by atoms with E-state index in [1.54, 1.807) is 12.1 Å². The van der Waals surface area contributed by atoms with Crippen LogP contribution in [0.3, 0.4) is 0 Å². The summed E-state index contributed by atoms with van der Waals surface area (Å²) in [5.74, 6) is -0.306. The summed E-state index contributed by atoms with van der Waals surface area (Å²) in [6.45, 7) is 4.51. The number of nitrogens with zero attached hydrogens (tertiary/aromatic N) is 1. The maximum atomic E-state index is 13.7. The van der Waals surface area contributed by atoms with Crippen LogP contribution >= 0.6 is 11.6 Å². The van der Waals surface area contributed by atoms with Gasteiger partial charge in [-0.15, -0.1) is 0 Å². The number of hydrogen-bond donors (Lipinski definition) is 2. The zero-order valence-electron chi connectivity index (χ0n) is 17.9. The zero-order chi connectivity index (χ0) is 22.4. The molecule has 0 aliphatic carbocycles. The summed E-state index contributed by atoms with van der Waals surface area (Å²) >= 11 is 6.26. The predicted octanol–water partition coefficient (Wildman–Crippen LogP) is 6.76. The van der Waals surface area contributed by atoms with E-state index in [-0.39, 0.29) is 17.9 Å². The highest BCUT2D eigenvalue weighted by Gasteiger charge is 2.34. The van der Waals surface area contributed by atoms with E-state index < -0.39 is 0 Å². The Morgan fingerprint density at radius 2 is 1.88 bits per heavy atom. The summed E-state index contributed by atoms with van der Waals surface area (Å²) in [5, 5.41) is 4.82. The molecule has 5 rings (SSSR count). The summed E-state index contributed by atoms with van der Waals surface area (Å²) in [6, 6.07) is 17.6. The first-order chi connectivity index (χ1) is 15.4. The number of nitrogens with one attached hydrogen (secondary N) is 2. The Hall–Kier alpha value is -3.31. The van der Waals surface area contributed by atoms with Gasteiger partial charge in [-0.2, -0.15) is 0 Å². The second-order valence-corrected chi connectivity index (χ2v) is 8.79. The lowest BCUT2D eigenvalue weighted by Gasteiger charge is -2.36. The summed E-state index contributed by atoms with van der Waals surface area (Å²) in [7, 11) is 0. The van der Waals surface area contributed by atoms with E-state index in [2.05, 4.69) is 10.3 Å². The molecule has 0 fully saturated rings. The van der Waals surface area contributed by atoms with Crippen molar-refractivity contribution in [2.24, 2.45) is 0 Å². The van der Waals surface area contributed by atoms with Crippen molar-refractivity contribution in [2.75, 3.05) is 11.9 Å². The Morgan fingerprint density at radius 3 is 2.66 bits per heavy atom. The highest BCUT2D eigenvalue weighted by molar-refractivity contribution is 6.31. The molecule has 2 amide bonds. The van der Waals surface area contributed by atoms with Crippen LogP contribution in [0.25, 0.3) is 10.9 Å². The molecule has 0 saturated heterocycles.